The highest BCUT2D eigenvalue weighted by Gasteiger charge is 2.22. The van der Waals surface area contributed by atoms with E-state index in [4.69, 9.17) is 4.74 Å². The van der Waals surface area contributed by atoms with Crippen LogP contribution in [-0.4, -0.2) is 26.5 Å². The third-order valence-corrected chi connectivity index (χ3v) is 3.53. The van der Waals surface area contributed by atoms with Crippen LogP contribution in [0.1, 0.15) is 25.7 Å². The maximum atomic E-state index is 11.9. The fourth-order valence-electron chi connectivity index (χ4n) is 2.37. The lowest BCUT2D eigenvalue weighted by molar-refractivity contribution is -0.124. The summed E-state index contributed by atoms with van der Waals surface area (Å²) in [7, 11) is 3.98. The Morgan fingerprint density at radius 1 is 1.33 bits per heavy atom. The van der Waals surface area contributed by atoms with Gasteiger partial charge >= 0.3 is 0 Å². The normalized spacial score (nSPS) is 15.7. The van der Waals surface area contributed by atoms with Crippen LogP contribution < -0.4 is 9.64 Å². The van der Waals surface area contributed by atoms with Crippen LogP contribution in [-0.2, 0) is 4.79 Å². The van der Waals surface area contributed by atoms with Gasteiger partial charge in [0, 0.05) is 31.8 Å². The zero-order valence-electron chi connectivity index (χ0n) is 11.2. The molecule has 0 spiro atoms. The number of anilines is 1. The van der Waals surface area contributed by atoms with Crippen LogP contribution in [0.25, 0.3) is 0 Å². The summed E-state index contributed by atoms with van der Waals surface area (Å²) in [4.78, 5) is 13.9. The number of nitrogens with zero attached hydrogens (tertiary/aromatic N) is 1. The molecule has 0 amide bonds. The van der Waals surface area contributed by atoms with E-state index in [-0.39, 0.29) is 18.3 Å². The second kappa shape index (κ2) is 5.89. The molecule has 18 heavy (non-hydrogen) atoms. The van der Waals surface area contributed by atoms with Crippen molar-refractivity contribution in [1.29, 1.82) is 0 Å². The molecule has 0 unspecified atom stereocenters. The first-order chi connectivity index (χ1) is 8.66. The Morgan fingerprint density at radius 2 is 2.06 bits per heavy atom. The molecule has 1 aliphatic carbocycles. The Morgan fingerprint density at radius 3 is 2.72 bits per heavy atom. The van der Waals surface area contributed by atoms with Crippen molar-refractivity contribution in [3.05, 3.63) is 24.3 Å². The molecule has 0 N–H and O–H groups in total. The Bertz CT molecular complexity index is 409. The Labute approximate surface area is 109 Å². The number of hydrogen-bond donors (Lipinski definition) is 0. The average Bonchev–Trinajstić information content (AvgIpc) is 2.90. The number of benzene rings is 1. The number of hydrogen-bond acceptors (Lipinski definition) is 3. The first-order valence-electron chi connectivity index (χ1n) is 6.60. The van der Waals surface area contributed by atoms with Gasteiger partial charge in [0.2, 0.25) is 0 Å². The van der Waals surface area contributed by atoms with E-state index in [1.807, 2.05) is 43.3 Å². The lowest BCUT2D eigenvalue weighted by atomic mass is 10.0. The topological polar surface area (TPSA) is 29.5 Å². The highest BCUT2D eigenvalue weighted by molar-refractivity contribution is 5.82. The summed E-state index contributed by atoms with van der Waals surface area (Å²) in [5, 5.41) is 0. The molecule has 1 aromatic rings. The predicted octanol–water partition coefficient (Wildman–Crippen LogP) is 2.89. The maximum Gasteiger partial charge on any atom is 0.173 e. The lowest BCUT2D eigenvalue weighted by Gasteiger charge is -2.14. The minimum atomic E-state index is 0.210. The molecule has 1 fully saturated rings. The summed E-state index contributed by atoms with van der Waals surface area (Å²) >= 11 is 0. The summed E-state index contributed by atoms with van der Waals surface area (Å²) in [6.45, 7) is 0.210. The van der Waals surface area contributed by atoms with Gasteiger partial charge in [0.15, 0.2) is 5.78 Å². The van der Waals surface area contributed by atoms with E-state index in [1.165, 1.54) is 12.8 Å². The molecular weight excluding hydrogens is 226 g/mol. The highest BCUT2D eigenvalue weighted by atomic mass is 16.5. The zero-order chi connectivity index (χ0) is 13.0. The van der Waals surface area contributed by atoms with Crippen LogP contribution in [0.2, 0.25) is 0 Å². The van der Waals surface area contributed by atoms with E-state index in [1.54, 1.807) is 0 Å². The minimum Gasteiger partial charge on any atom is -0.486 e. The number of rotatable bonds is 5. The molecule has 0 atom stereocenters. The molecule has 0 aromatic heterocycles. The van der Waals surface area contributed by atoms with Gasteiger partial charge in [0.05, 0.1) is 0 Å². The minimum absolute atomic E-state index is 0.210. The first kappa shape index (κ1) is 12.9. The number of carbonyl (C=O) groups excluding carboxylic acids is 1. The van der Waals surface area contributed by atoms with Crippen molar-refractivity contribution in [2.24, 2.45) is 5.92 Å². The van der Waals surface area contributed by atoms with Crippen molar-refractivity contribution in [2.75, 3.05) is 25.6 Å². The van der Waals surface area contributed by atoms with Crippen molar-refractivity contribution >= 4 is 11.5 Å². The molecule has 3 heteroatoms. The van der Waals surface area contributed by atoms with E-state index < -0.39 is 0 Å². The predicted molar refractivity (Wildman–Crippen MR) is 73.2 cm³/mol. The molecule has 0 bridgehead atoms. The van der Waals surface area contributed by atoms with Crippen molar-refractivity contribution < 1.29 is 9.53 Å². The molecule has 3 nitrogen and oxygen atoms in total. The average molecular weight is 247 g/mol. The van der Waals surface area contributed by atoms with E-state index >= 15 is 0 Å². The maximum absolute atomic E-state index is 11.9. The second-order valence-corrected chi connectivity index (χ2v) is 5.13. The SMILES string of the molecule is CN(C)c1cccc(OCC(=O)C2CCCC2)c1. The van der Waals surface area contributed by atoms with Gasteiger partial charge in [-0.05, 0) is 25.0 Å². The van der Waals surface area contributed by atoms with Crippen molar-refractivity contribution in [1.82, 2.24) is 0 Å². The van der Waals surface area contributed by atoms with Crippen LogP contribution in [0.15, 0.2) is 24.3 Å². The van der Waals surface area contributed by atoms with Gasteiger partial charge in [-0.1, -0.05) is 18.9 Å². The van der Waals surface area contributed by atoms with Crippen LogP contribution in [0, 0.1) is 5.92 Å². The summed E-state index contributed by atoms with van der Waals surface area (Å²) in [6.07, 6.45) is 4.46. The Hall–Kier alpha value is -1.51. The summed E-state index contributed by atoms with van der Waals surface area (Å²) in [6, 6.07) is 7.83. The monoisotopic (exact) mass is 247 g/mol. The van der Waals surface area contributed by atoms with Gasteiger partial charge in [-0.25, -0.2) is 0 Å². The quantitative estimate of drug-likeness (QED) is 0.801. The van der Waals surface area contributed by atoms with Crippen LogP contribution >= 0.6 is 0 Å². The number of ketones is 1. The van der Waals surface area contributed by atoms with Gasteiger partial charge in [0.25, 0.3) is 0 Å². The van der Waals surface area contributed by atoms with E-state index in [0.29, 0.717) is 0 Å². The fourth-order valence-corrected chi connectivity index (χ4v) is 2.37. The molecule has 1 saturated carbocycles. The Kier molecular flexibility index (Phi) is 4.24. The second-order valence-electron chi connectivity index (χ2n) is 5.13. The van der Waals surface area contributed by atoms with E-state index in [0.717, 1.165) is 24.3 Å². The van der Waals surface area contributed by atoms with Gasteiger partial charge in [-0.2, -0.15) is 0 Å². The molecule has 1 aliphatic rings. The van der Waals surface area contributed by atoms with E-state index in [2.05, 4.69) is 0 Å². The molecule has 0 heterocycles. The molecule has 98 valence electrons. The zero-order valence-corrected chi connectivity index (χ0v) is 11.2. The summed E-state index contributed by atoms with van der Waals surface area (Å²) in [5.74, 6) is 1.26. The standard InChI is InChI=1S/C15H21NO2/c1-16(2)13-8-5-9-14(10-13)18-11-15(17)12-6-3-4-7-12/h5,8-10,12H,3-4,6-7,11H2,1-2H3. The fraction of sp³-hybridized carbons (Fsp3) is 0.533. The summed E-state index contributed by atoms with van der Waals surface area (Å²) in [5.41, 5.74) is 1.08. The van der Waals surface area contributed by atoms with Crippen molar-refractivity contribution in [2.45, 2.75) is 25.7 Å². The molecule has 2 rings (SSSR count). The molecule has 0 saturated heterocycles. The molecule has 0 aliphatic heterocycles. The number of carbonyl (C=O) groups is 1. The van der Waals surface area contributed by atoms with Gasteiger partial charge in [0.1, 0.15) is 12.4 Å². The van der Waals surface area contributed by atoms with E-state index in [9.17, 15) is 4.79 Å². The third-order valence-electron chi connectivity index (χ3n) is 3.53. The van der Waals surface area contributed by atoms with Gasteiger partial charge < -0.3 is 9.64 Å². The van der Waals surface area contributed by atoms with Crippen LogP contribution in [0.3, 0.4) is 0 Å². The lowest BCUT2D eigenvalue weighted by Crippen LogP contribution is -2.19. The number of ether oxygens (including phenoxy) is 1. The third kappa shape index (κ3) is 3.25. The van der Waals surface area contributed by atoms with Crippen molar-refractivity contribution in [3.8, 4) is 5.75 Å². The largest absolute Gasteiger partial charge is 0.486 e. The smallest absolute Gasteiger partial charge is 0.173 e. The van der Waals surface area contributed by atoms with Crippen LogP contribution in [0.5, 0.6) is 5.75 Å². The Balaban J connectivity index is 1.89. The highest BCUT2D eigenvalue weighted by Crippen LogP contribution is 2.26. The molecule has 0 radical (unpaired) electrons. The van der Waals surface area contributed by atoms with Gasteiger partial charge in [-0.3, -0.25) is 4.79 Å². The van der Waals surface area contributed by atoms with Crippen molar-refractivity contribution in [3.63, 3.8) is 0 Å². The van der Waals surface area contributed by atoms with Gasteiger partial charge in [-0.15, -0.1) is 0 Å². The summed E-state index contributed by atoms with van der Waals surface area (Å²) < 4.78 is 5.59. The van der Waals surface area contributed by atoms with Crippen LogP contribution in [0.4, 0.5) is 5.69 Å². The first-order valence-corrected chi connectivity index (χ1v) is 6.60. The molecular formula is C15H21NO2. The number of Topliss-reactive ketones (excluding diaryl/α,β-unsaturated/α-hetero) is 1. The molecule has 1 aromatic carbocycles.